The van der Waals surface area contributed by atoms with Crippen molar-refractivity contribution < 1.29 is 0 Å². The number of nitrogens with zero attached hydrogens (tertiary/aromatic N) is 2. The summed E-state index contributed by atoms with van der Waals surface area (Å²) in [6.07, 6.45) is 1.60. The van der Waals surface area contributed by atoms with Gasteiger partial charge in [0.25, 0.3) is 0 Å². The van der Waals surface area contributed by atoms with E-state index in [9.17, 15) is 0 Å². The van der Waals surface area contributed by atoms with E-state index in [1.165, 1.54) is 0 Å². The van der Waals surface area contributed by atoms with Crippen LogP contribution in [0.25, 0.3) is 0 Å². The van der Waals surface area contributed by atoms with Gasteiger partial charge in [-0.3, -0.25) is 0 Å². The van der Waals surface area contributed by atoms with Crippen LogP contribution in [0.1, 0.15) is 24.2 Å². The summed E-state index contributed by atoms with van der Waals surface area (Å²) >= 11 is 0. The maximum absolute atomic E-state index is 8.98. The van der Waals surface area contributed by atoms with E-state index >= 15 is 0 Å². The molecule has 0 aliphatic rings. The van der Waals surface area contributed by atoms with E-state index < -0.39 is 0 Å². The number of nitrogens with two attached hydrogens (primary N) is 1. The molecule has 0 aliphatic carbocycles. The molecule has 4 nitrogen and oxygen atoms in total. The van der Waals surface area contributed by atoms with Gasteiger partial charge in [0.1, 0.15) is 6.07 Å². The molecule has 90 valence electrons. The van der Waals surface area contributed by atoms with Crippen molar-refractivity contribution in [1.29, 1.82) is 5.26 Å². The smallest absolute Gasteiger partial charge is 0.163 e. The van der Waals surface area contributed by atoms with Crippen molar-refractivity contribution >= 4 is 11.4 Å². The molecule has 1 aromatic carbocycles. The van der Waals surface area contributed by atoms with Gasteiger partial charge >= 0.3 is 0 Å². The average molecular weight is 238 g/mol. The Bertz CT molecular complexity index is 586. The molecule has 0 aliphatic heterocycles. The third-order valence-electron chi connectivity index (χ3n) is 2.75. The number of nitriles is 1. The maximum atomic E-state index is 8.98. The van der Waals surface area contributed by atoms with Crippen LogP contribution >= 0.6 is 0 Å². The van der Waals surface area contributed by atoms with Crippen LogP contribution in [0.5, 0.6) is 0 Å². The second kappa shape index (κ2) is 5.19. The molecule has 0 fully saturated rings. The molecule has 0 amide bonds. The van der Waals surface area contributed by atoms with E-state index in [1.807, 2.05) is 37.3 Å². The van der Waals surface area contributed by atoms with Gasteiger partial charge in [0.2, 0.25) is 0 Å². The van der Waals surface area contributed by atoms with Gasteiger partial charge in [0.05, 0.1) is 11.7 Å². The van der Waals surface area contributed by atoms with Crippen LogP contribution in [0.3, 0.4) is 0 Å². The molecule has 0 spiro atoms. The van der Waals surface area contributed by atoms with Crippen molar-refractivity contribution in [3.63, 3.8) is 0 Å². The summed E-state index contributed by atoms with van der Waals surface area (Å²) in [6.45, 7) is 2.00. The third-order valence-corrected chi connectivity index (χ3v) is 2.75. The van der Waals surface area contributed by atoms with Crippen molar-refractivity contribution in [3.05, 3.63) is 53.9 Å². The molecule has 2 aromatic rings. The van der Waals surface area contributed by atoms with Crippen molar-refractivity contribution in [2.45, 2.75) is 13.0 Å². The van der Waals surface area contributed by atoms with Gasteiger partial charge in [-0.2, -0.15) is 5.26 Å². The Balaban J connectivity index is 2.25. The van der Waals surface area contributed by atoms with Crippen LogP contribution in [-0.2, 0) is 0 Å². The highest BCUT2D eigenvalue weighted by atomic mass is 14.9. The summed E-state index contributed by atoms with van der Waals surface area (Å²) in [5, 5.41) is 12.2. The maximum Gasteiger partial charge on any atom is 0.163 e. The molecule has 3 N–H and O–H groups in total. The molecule has 1 aromatic heterocycles. The first-order valence-electron chi connectivity index (χ1n) is 5.68. The van der Waals surface area contributed by atoms with E-state index in [2.05, 4.69) is 16.4 Å². The van der Waals surface area contributed by atoms with Gasteiger partial charge in [-0.25, -0.2) is 4.98 Å². The highest BCUT2D eigenvalue weighted by molar-refractivity contribution is 5.57. The number of hydrogen-bond acceptors (Lipinski definition) is 4. The Morgan fingerprint density at radius 1 is 1.28 bits per heavy atom. The second-order valence-electron chi connectivity index (χ2n) is 4.01. The second-order valence-corrected chi connectivity index (χ2v) is 4.01. The van der Waals surface area contributed by atoms with Gasteiger partial charge in [-0.1, -0.05) is 18.2 Å². The van der Waals surface area contributed by atoms with Crippen LogP contribution in [-0.4, -0.2) is 4.98 Å². The Labute approximate surface area is 106 Å². The molecule has 1 atom stereocenters. The van der Waals surface area contributed by atoms with Crippen LogP contribution in [0.4, 0.5) is 11.4 Å². The van der Waals surface area contributed by atoms with Crippen LogP contribution in [0.2, 0.25) is 0 Å². The lowest BCUT2D eigenvalue weighted by Gasteiger charge is -2.17. The van der Waals surface area contributed by atoms with Crippen LogP contribution in [0.15, 0.2) is 42.6 Å². The summed E-state index contributed by atoms with van der Waals surface area (Å²) in [5.74, 6) is 0. The van der Waals surface area contributed by atoms with Crippen molar-refractivity contribution in [2.24, 2.45) is 0 Å². The minimum absolute atomic E-state index is 0.0162. The van der Waals surface area contributed by atoms with Crippen molar-refractivity contribution in [1.82, 2.24) is 4.98 Å². The number of hydrogen-bond donors (Lipinski definition) is 2. The number of benzene rings is 1. The van der Waals surface area contributed by atoms with Crippen LogP contribution in [0, 0.1) is 11.3 Å². The SMILES string of the molecule is CC(Nc1cccnc1C#N)c1ccccc1N. The molecule has 0 saturated heterocycles. The van der Waals surface area contributed by atoms with Crippen molar-refractivity contribution in [2.75, 3.05) is 11.1 Å². The van der Waals surface area contributed by atoms with E-state index in [-0.39, 0.29) is 6.04 Å². The van der Waals surface area contributed by atoms with E-state index in [0.717, 1.165) is 16.9 Å². The zero-order chi connectivity index (χ0) is 13.0. The lowest BCUT2D eigenvalue weighted by molar-refractivity contribution is 0.885. The fraction of sp³-hybridized carbons (Fsp3) is 0.143. The minimum atomic E-state index is 0.0162. The minimum Gasteiger partial charge on any atom is -0.398 e. The topological polar surface area (TPSA) is 74.7 Å². The first-order valence-corrected chi connectivity index (χ1v) is 5.68. The molecule has 4 heteroatoms. The molecular formula is C14H14N4. The first kappa shape index (κ1) is 11.9. The number of anilines is 2. The molecule has 1 unspecified atom stereocenters. The number of pyridine rings is 1. The number of aromatic nitrogens is 1. The van der Waals surface area contributed by atoms with Crippen molar-refractivity contribution in [3.8, 4) is 6.07 Å². The first-order chi connectivity index (χ1) is 8.72. The van der Waals surface area contributed by atoms with E-state index in [0.29, 0.717) is 5.69 Å². The van der Waals surface area contributed by atoms with Gasteiger partial charge in [0.15, 0.2) is 5.69 Å². The largest absolute Gasteiger partial charge is 0.398 e. The summed E-state index contributed by atoms with van der Waals surface area (Å²) in [6, 6.07) is 13.4. The number of nitrogens with one attached hydrogen (secondary N) is 1. The lowest BCUT2D eigenvalue weighted by atomic mass is 10.1. The number of nitrogen functional groups attached to an aromatic ring is 1. The number of rotatable bonds is 3. The standard InChI is InChI=1S/C14H14N4/c1-10(11-5-2-3-6-12(11)16)18-13-7-4-8-17-14(13)9-15/h2-8,10,18H,16H2,1H3. The zero-order valence-corrected chi connectivity index (χ0v) is 10.1. The predicted molar refractivity (Wildman–Crippen MR) is 71.8 cm³/mol. The predicted octanol–water partition coefficient (Wildman–Crippen LogP) is 2.71. The summed E-state index contributed by atoms with van der Waals surface area (Å²) in [7, 11) is 0. The zero-order valence-electron chi connectivity index (χ0n) is 10.1. The Hall–Kier alpha value is -2.54. The fourth-order valence-corrected chi connectivity index (χ4v) is 1.83. The Morgan fingerprint density at radius 3 is 2.78 bits per heavy atom. The molecule has 18 heavy (non-hydrogen) atoms. The highest BCUT2D eigenvalue weighted by Gasteiger charge is 2.10. The molecular weight excluding hydrogens is 224 g/mol. The molecule has 0 saturated carbocycles. The van der Waals surface area contributed by atoms with Gasteiger partial charge in [0, 0.05) is 11.9 Å². The molecule has 0 radical (unpaired) electrons. The molecule has 0 bridgehead atoms. The average Bonchev–Trinajstić information content (AvgIpc) is 2.39. The number of para-hydroxylation sites is 1. The molecule has 2 rings (SSSR count). The Kier molecular flexibility index (Phi) is 3.44. The van der Waals surface area contributed by atoms with Crippen LogP contribution < -0.4 is 11.1 Å². The van der Waals surface area contributed by atoms with E-state index in [1.54, 1.807) is 12.3 Å². The van der Waals surface area contributed by atoms with Gasteiger partial charge in [-0.15, -0.1) is 0 Å². The quantitative estimate of drug-likeness (QED) is 0.806. The summed E-state index contributed by atoms with van der Waals surface area (Å²) < 4.78 is 0. The molecule has 1 heterocycles. The monoisotopic (exact) mass is 238 g/mol. The Morgan fingerprint density at radius 2 is 2.06 bits per heavy atom. The van der Waals surface area contributed by atoms with E-state index in [4.69, 9.17) is 11.0 Å². The third kappa shape index (κ3) is 2.41. The fourth-order valence-electron chi connectivity index (χ4n) is 1.83. The van der Waals surface area contributed by atoms with Gasteiger partial charge < -0.3 is 11.1 Å². The van der Waals surface area contributed by atoms with Gasteiger partial charge in [-0.05, 0) is 30.7 Å². The lowest BCUT2D eigenvalue weighted by Crippen LogP contribution is -2.10. The summed E-state index contributed by atoms with van der Waals surface area (Å²) in [5.41, 5.74) is 8.77. The summed E-state index contributed by atoms with van der Waals surface area (Å²) in [4.78, 5) is 4.01. The normalized spacial score (nSPS) is 11.6. The highest BCUT2D eigenvalue weighted by Crippen LogP contribution is 2.24.